The minimum absolute atomic E-state index is 0.507. The lowest BCUT2D eigenvalue weighted by Gasteiger charge is -2.30. The third-order valence-corrected chi connectivity index (χ3v) is 6.26. The van der Waals surface area contributed by atoms with Gasteiger partial charge in [0, 0.05) is 24.2 Å². The molecule has 1 aliphatic heterocycles. The molecule has 3 aromatic carbocycles. The largest absolute Gasteiger partial charge is 0.489 e. The maximum atomic E-state index is 13.5. The molecule has 0 radical (unpaired) electrons. The van der Waals surface area contributed by atoms with Gasteiger partial charge in [0.15, 0.2) is 5.82 Å². The molecule has 0 atom stereocenters. The number of aromatic nitrogens is 4. The average Bonchev–Trinajstić information content (AvgIpc) is 3.47. The number of halogens is 1. The van der Waals surface area contributed by atoms with Crippen molar-refractivity contribution in [2.24, 2.45) is 0 Å². The molecule has 0 amide bonds. The first kappa shape index (κ1) is 19.8. The molecule has 6 rings (SSSR count). The topological polar surface area (TPSA) is 69.8 Å². The lowest BCUT2D eigenvalue weighted by molar-refractivity contribution is 0.277. The predicted molar refractivity (Wildman–Crippen MR) is 128 cm³/mol. The van der Waals surface area contributed by atoms with Crippen molar-refractivity contribution in [2.75, 3.05) is 18.0 Å². The van der Waals surface area contributed by atoms with Crippen LogP contribution in [0.15, 0.2) is 66.7 Å². The summed E-state index contributed by atoms with van der Waals surface area (Å²) in [4.78, 5) is 10.4. The first-order valence-corrected chi connectivity index (χ1v) is 11.3. The van der Waals surface area contributed by atoms with Crippen molar-refractivity contribution in [2.45, 2.75) is 25.6 Å². The van der Waals surface area contributed by atoms with Crippen molar-refractivity contribution in [3.8, 4) is 17.3 Å². The molecule has 1 saturated heterocycles. The van der Waals surface area contributed by atoms with E-state index in [0.29, 0.717) is 25.3 Å². The number of rotatable bonds is 5. The smallest absolute Gasteiger partial charge is 0.159 e. The maximum Gasteiger partial charge on any atom is 0.159 e. The van der Waals surface area contributed by atoms with E-state index < -0.39 is 6.17 Å². The summed E-state index contributed by atoms with van der Waals surface area (Å²) in [5.74, 6) is 1.49. The predicted octanol–water partition coefficient (Wildman–Crippen LogP) is 5.62. The second-order valence-corrected chi connectivity index (χ2v) is 8.50. The second-order valence-electron chi connectivity index (χ2n) is 8.50. The molecule has 33 heavy (non-hydrogen) atoms. The Morgan fingerprint density at radius 2 is 1.82 bits per heavy atom. The van der Waals surface area contributed by atoms with Crippen molar-refractivity contribution >= 4 is 27.6 Å². The normalized spacial score (nSPS) is 14.9. The summed E-state index contributed by atoms with van der Waals surface area (Å²) in [6, 6.07) is 22.2. The summed E-state index contributed by atoms with van der Waals surface area (Å²) in [5, 5.41) is 8.55. The van der Waals surface area contributed by atoms with Crippen LogP contribution in [0.4, 0.5) is 10.1 Å². The number of nitrogens with one attached hydrogen (secondary N) is 2. The number of ether oxygens (including phenoxy) is 1. The van der Waals surface area contributed by atoms with Crippen molar-refractivity contribution in [3.63, 3.8) is 0 Å². The van der Waals surface area contributed by atoms with Crippen molar-refractivity contribution in [1.82, 2.24) is 20.2 Å². The minimum atomic E-state index is -0.682. The lowest BCUT2D eigenvalue weighted by Crippen LogP contribution is -2.34. The number of hydrogen-bond donors (Lipinski definition) is 2. The van der Waals surface area contributed by atoms with E-state index in [1.54, 1.807) is 0 Å². The fourth-order valence-corrected chi connectivity index (χ4v) is 4.42. The number of imidazole rings is 1. The van der Waals surface area contributed by atoms with Crippen LogP contribution in [0.5, 0.6) is 5.75 Å². The number of H-pyrrole nitrogens is 2. The Bertz CT molecular complexity index is 1400. The Balaban J connectivity index is 1.29. The molecule has 1 fully saturated rings. The molecular formula is C26H24FN5O. The van der Waals surface area contributed by atoms with Crippen LogP contribution in [0.1, 0.15) is 18.4 Å². The van der Waals surface area contributed by atoms with Crippen molar-refractivity contribution in [3.05, 3.63) is 72.3 Å². The van der Waals surface area contributed by atoms with Gasteiger partial charge in [-0.3, -0.25) is 5.10 Å². The van der Waals surface area contributed by atoms with Crippen LogP contribution < -0.4 is 9.64 Å². The Labute approximate surface area is 190 Å². The van der Waals surface area contributed by atoms with Gasteiger partial charge in [-0.1, -0.05) is 30.3 Å². The molecule has 0 bridgehead atoms. The molecule has 0 aliphatic carbocycles. The zero-order valence-corrected chi connectivity index (χ0v) is 18.1. The number of anilines is 1. The Morgan fingerprint density at radius 1 is 0.970 bits per heavy atom. The summed E-state index contributed by atoms with van der Waals surface area (Å²) < 4.78 is 19.5. The van der Waals surface area contributed by atoms with E-state index in [2.05, 4.69) is 32.2 Å². The highest BCUT2D eigenvalue weighted by molar-refractivity contribution is 5.94. The standard InChI is InChI=1S/C26H24FN5O/c27-18-10-12-32(13-11-18)19-6-8-23-24(14-19)29-26(28-23)25-21-15-20(7-9-22(21)30-31-25)33-16-17-4-2-1-3-5-17/h1-9,14-15,18H,10-13,16H2,(H,28,29)(H,30,31). The fourth-order valence-electron chi connectivity index (χ4n) is 4.42. The molecule has 2 N–H and O–H groups in total. The summed E-state index contributed by atoms with van der Waals surface area (Å²) >= 11 is 0. The van der Waals surface area contributed by atoms with Crippen LogP contribution in [0.25, 0.3) is 33.5 Å². The van der Waals surface area contributed by atoms with Gasteiger partial charge in [0.1, 0.15) is 24.2 Å². The quantitative estimate of drug-likeness (QED) is 0.371. The van der Waals surface area contributed by atoms with E-state index >= 15 is 0 Å². The van der Waals surface area contributed by atoms with Gasteiger partial charge >= 0.3 is 0 Å². The second kappa shape index (κ2) is 8.24. The molecule has 1 aliphatic rings. The van der Waals surface area contributed by atoms with Gasteiger partial charge in [-0.15, -0.1) is 0 Å². The maximum absolute atomic E-state index is 13.5. The zero-order valence-electron chi connectivity index (χ0n) is 18.1. The SMILES string of the molecule is FC1CCN(c2ccc3nc(-c4n[nH]c5ccc(OCc6ccccc6)cc45)[nH]c3c2)CC1. The highest BCUT2D eigenvalue weighted by atomic mass is 19.1. The first-order chi connectivity index (χ1) is 16.2. The van der Waals surface area contributed by atoms with Gasteiger partial charge in [0.05, 0.1) is 16.6 Å². The van der Waals surface area contributed by atoms with Gasteiger partial charge in [-0.2, -0.15) is 5.10 Å². The number of alkyl halides is 1. The summed E-state index contributed by atoms with van der Waals surface area (Å²) in [7, 11) is 0. The molecule has 0 unspecified atom stereocenters. The third kappa shape index (κ3) is 3.91. The Hall–Kier alpha value is -3.87. The van der Waals surface area contributed by atoms with Gasteiger partial charge in [-0.25, -0.2) is 9.37 Å². The number of benzene rings is 3. The lowest BCUT2D eigenvalue weighted by atomic mass is 10.1. The van der Waals surface area contributed by atoms with Crippen LogP contribution in [0, 0.1) is 0 Å². The van der Waals surface area contributed by atoms with Gasteiger partial charge in [-0.05, 0) is 54.8 Å². The molecule has 0 spiro atoms. The van der Waals surface area contributed by atoms with E-state index in [4.69, 9.17) is 9.72 Å². The molecule has 166 valence electrons. The monoisotopic (exact) mass is 441 g/mol. The number of hydrogen-bond acceptors (Lipinski definition) is 4. The average molecular weight is 442 g/mol. The number of piperidine rings is 1. The van der Waals surface area contributed by atoms with Gasteiger partial charge in [0.2, 0.25) is 0 Å². The number of fused-ring (bicyclic) bond motifs is 2. The van der Waals surface area contributed by atoms with E-state index in [1.807, 2.05) is 54.6 Å². The summed E-state index contributed by atoms with van der Waals surface area (Å²) in [6.07, 6.45) is 0.485. The van der Waals surface area contributed by atoms with Gasteiger partial charge in [0.25, 0.3) is 0 Å². The molecule has 7 heteroatoms. The third-order valence-electron chi connectivity index (χ3n) is 6.26. The number of nitrogens with zero attached hydrogens (tertiary/aromatic N) is 3. The summed E-state index contributed by atoms with van der Waals surface area (Å²) in [5.41, 5.74) is 5.71. The van der Waals surface area contributed by atoms with Crippen LogP contribution in [-0.2, 0) is 6.61 Å². The highest BCUT2D eigenvalue weighted by Gasteiger charge is 2.19. The van der Waals surface area contributed by atoms with E-state index in [1.165, 1.54) is 0 Å². The molecule has 3 heterocycles. The van der Waals surface area contributed by atoms with Crippen LogP contribution in [0.3, 0.4) is 0 Å². The van der Waals surface area contributed by atoms with Crippen LogP contribution >= 0.6 is 0 Å². The Kier molecular flexibility index (Phi) is 4.94. The molecule has 5 aromatic rings. The molecule has 0 saturated carbocycles. The first-order valence-electron chi connectivity index (χ1n) is 11.3. The van der Waals surface area contributed by atoms with Crippen molar-refractivity contribution < 1.29 is 9.13 Å². The van der Waals surface area contributed by atoms with Crippen LogP contribution in [0.2, 0.25) is 0 Å². The highest BCUT2D eigenvalue weighted by Crippen LogP contribution is 2.31. The van der Waals surface area contributed by atoms with Gasteiger partial charge < -0.3 is 14.6 Å². The van der Waals surface area contributed by atoms with Crippen LogP contribution in [-0.4, -0.2) is 39.4 Å². The summed E-state index contributed by atoms with van der Waals surface area (Å²) in [6.45, 7) is 1.99. The molecule has 2 aromatic heterocycles. The zero-order chi connectivity index (χ0) is 22.2. The van der Waals surface area contributed by atoms with E-state index in [-0.39, 0.29) is 0 Å². The Morgan fingerprint density at radius 3 is 2.67 bits per heavy atom. The fraction of sp³-hybridized carbons (Fsp3) is 0.231. The molecule has 6 nitrogen and oxygen atoms in total. The van der Waals surface area contributed by atoms with Crippen molar-refractivity contribution in [1.29, 1.82) is 0 Å². The van der Waals surface area contributed by atoms with E-state index in [0.717, 1.165) is 57.7 Å². The molecular weight excluding hydrogens is 417 g/mol. The van der Waals surface area contributed by atoms with E-state index in [9.17, 15) is 4.39 Å². The number of aromatic amines is 2. The minimum Gasteiger partial charge on any atom is -0.489 e.